The number of nitrogens with one attached hydrogen (secondary N) is 1. The molecule has 3 N–H and O–H groups in total. The lowest BCUT2D eigenvalue weighted by Gasteiger charge is -2.06. The summed E-state index contributed by atoms with van der Waals surface area (Å²) in [5, 5.41) is 7.83. The topological polar surface area (TPSA) is 81.0 Å². The first-order chi connectivity index (χ1) is 10.2. The summed E-state index contributed by atoms with van der Waals surface area (Å²) in [7, 11) is 0. The Labute approximate surface area is 121 Å². The maximum atomic E-state index is 11.3. The van der Waals surface area contributed by atoms with E-state index >= 15 is 0 Å². The van der Waals surface area contributed by atoms with Crippen LogP contribution in [0.15, 0.2) is 42.5 Å². The molecule has 3 aromatic rings. The van der Waals surface area contributed by atoms with E-state index in [4.69, 9.17) is 10.5 Å². The van der Waals surface area contributed by atoms with E-state index in [0.29, 0.717) is 18.0 Å². The Morgan fingerprint density at radius 2 is 2.00 bits per heavy atom. The molecule has 1 aromatic heterocycles. The molecule has 0 radical (unpaired) electrons. The van der Waals surface area contributed by atoms with Crippen LogP contribution in [0.4, 0.5) is 5.82 Å². The molecule has 106 valence electrons. The standard InChI is InChI=1S/C16H15N3O2/c1-2-14(20)21-11-8-6-10(7-9-11)12-4-3-5-13-15(12)16(17)19-18-13/h3-9H,2H2,1H3,(H3,17,18,19). The number of nitrogen functional groups attached to an aromatic ring is 1. The van der Waals surface area contributed by atoms with Gasteiger partial charge in [0.05, 0.1) is 10.9 Å². The molecule has 0 saturated carbocycles. The van der Waals surface area contributed by atoms with E-state index in [1.165, 1.54) is 0 Å². The fourth-order valence-electron chi connectivity index (χ4n) is 2.24. The molecule has 1 heterocycles. The van der Waals surface area contributed by atoms with Crippen molar-refractivity contribution in [2.45, 2.75) is 13.3 Å². The number of esters is 1. The second-order valence-corrected chi connectivity index (χ2v) is 4.69. The molecule has 0 unspecified atom stereocenters. The van der Waals surface area contributed by atoms with Crippen LogP contribution in [0.5, 0.6) is 5.75 Å². The molecule has 0 bridgehead atoms. The van der Waals surface area contributed by atoms with E-state index in [0.717, 1.165) is 22.0 Å². The van der Waals surface area contributed by atoms with E-state index in [1.807, 2.05) is 30.3 Å². The third kappa shape index (κ3) is 2.45. The van der Waals surface area contributed by atoms with Gasteiger partial charge in [-0.25, -0.2) is 0 Å². The van der Waals surface area contributed by atoms with Gasteiger partial charge in [-0.3, -0.25) is 9.89 Å². The molecule has 5 heteroatoms. The van der Waals surface area contributed by atoms with Crippen LogP contribution in [0.1, 0.15) is 13.3 Å². The fourth-order valence-corrected chi connectivity index (χ4v) is 2.24. The van der Waals surface area contributed by atoms with Crippen LogP contribution in [-0.4, -0.2) is 16.2 Å². The van der Waals surface area contributed by atoms with E-state index in [9.17, 15) is 4.79 Å². The SMILES string of the molecule is CCC(=O)Oc1ccc(-c2cccc3[nH]nc(N)c23)cc1. The molecule has 2 aromatic carbocycles. The number of aromatic amines is 1. The lowest BCUT2D eigenvalue weighted by molar-refractivity contribution is -0.134. The number of anilines is 1. The number of nitrogens with zero attached hydrogens (tertiary/aromatic N) is 1. The third-order valence-electron chi connectivity index (χ3n) is 3.30. The lowest BCUT2D eigenvalue weighted by atomic mass is 10.0. The van der Waals surface area contributed by atoms with Gasteiger partial charge >= 0.3 is 5.97 Å². The fraction of sp³-hybridized carbons (Fsp3) is 0.125. The highest BCUT2D eigenvalue weighted by Gasteiger charge is 2.10. The monoisotopic (exact) mass is 281 g/mol. The normalized spacial score (nSPS) is 10.7. The Bertz CT molecular complexity index is 791. The first-order valence-electron chi connectivity index (χ1n) is 6.72. The van der Waals surface area contributed by atoms with Gasteiger partial charge in [0, 0.05) is 6.42 Å². The van der Waals surface area contributed by atoms with Crippen molar-refractivity contribution in [2.24, 2.45) is 0 Å². The second-order valence-electron chi connectivity index (χ2n) is 4.69. The summed E-state index contributed by atoms with van der Waals surface area (Å²) < 4.78 is 5.17. The van der Waals surface area contributed by atoms with Gasteiger partial charge in [-0.2, -0.15) is 5.10 Å². The van der Waals surface area contributed by atoms with Crippen molar-refractivity contribution >= 4 is 22.7 Å². The van der Waals surface area contributed by atoms with Crippen molar-refractivity contribution in [1.29, 1.82) is 0 Å². The quantitative estimate of drug-likeness (QED) is 0.571. The Kier molecular flexibility index (Phi) is 3.31. The highest BCUT2D eigenvalue weighted by molar-refractivity contribution is 6.01. The number of hydrogen-bond donors (Lipinski definition) is 2. The molecule has 21 heavy (non-hydrogen) atoms. The second kappa shape index (κ2) is 5.28. The van der Waals surface area contributed by atoms with Crippen molar-refractivity contribution in [3.63, 3.8) is 0 Å². The molecular formula is C16H15N3O2. The molecule has 0 aliphatic carbocycles. The minimum absolute atomic E-state index is 0.246. The number of carbonyl (C=O) groups excluding carboxylic acids is 1. The summed E-state index contributed by atoms with van der Waals surface area (Å²) >= 11 is 0. The van der Waals surface area contributed by atoms with Gasteiger partial charge in [0.2, 0.25) is 0 Å². The van der Waals surface area contributed by atoms with Crippen molar-refractivity contribution < 1.29 is 9.53 Å². The Morgan fingerprint density at radius 3 is 2.71 bits per heavy atom. The number of fused-ring (bicyclic) bond motifs is 1. The predicted octanol–water partition coefficient (Wildman–Crippen LogP) is 3.13. The minimum atomic E-state index is -0.246. The number of hydrogen-bond acceptors (Lipinski definition) is 4. The molecule has 0 spiro atoms. The maximum absolute atomic E-state index is 11.3. The van der Waals surface area contributed by atoms with Crippen molar-refractivity contribution in [3.05, 3.63) is 42.5 Å². The van der Waals surface area contributed by atoms with Gasteiger partial charge in [-0.15, -0.1) is 0 Å². The van der Waals surface area contributed by atoms with E-state index in [2.05, 4.69) is 10.2 Å². The molecule has 3 rings (SSSR count). The van der Waals surface area contributed by atoms with Crippen LogP contribution < -0.4 is 10.5 Å². The summed E-state index contributed by atoms with van der Waals surface area (Å²) in [4.78, 5) is 11.3. The Morgan fingerprint density at radius 1 is 1.24 bits per heavy atom. The number of aromatic nitrogens is 2. The maximum Gasteiger partial charge on any atom is 0.310 e. The molecule has 0 fully saturated rings. The van der Waals surface area contributed by atoms with Crippen LogP contribution in [0, 0.1) is 0 Å². The van der Waals surface area contributed by atoms with Gasteiger partial charge in [0.25, 0.3) is 0 Å². The molecule has 0 amide bonds. The first kappa shape index (κ1) is 13.2. The molecular weight excluding hydrogens is 266 g/mol. The number of rotatable bonds is 3. The summed E-state index contributed by atoms with van der Waals surface area (Å²) in [5.74, 6) is 0.768. The average molecular weight is 281 g/mol. The minimum Gasteiger partial charge on any atom is -0.427 e. The van der Waals surface area contributed by atoms with E-state index in [1.54, 1.807) is 19.1 Å². The summed E-state index contributed by atoms with van der Waals surface area (Å²) in [5.41, 5.74) is 8.79. The van der Waals surface area contributed by atoms with Crippen molar-refractivity contribution in [2.75, 3.05) is 5.73 Å². The molecule has 5 nitrogen and oxygen atoms in total. The zero-order valence-electron chi connectivity index (χ0n) is 11.6. The first-order valence-corrected chi connectivity index (χ1v) is 6.72. The van der Waals surface area contributed by atoms with Gasteiger partial charge in [-0.05, 0) is 29.3 Å². The largest absolute Gasteiger partial charge is 0.427 e. The zero-order chi connectivity index (χ0) is 14.8. The van der Waals surface area contributed by atoms with Crippen molar-refractivity contribution in [3.8, 4) is 16.9 Å². The summed E-state index contributed by atoms with van der Waals surface area (Å²) in [6.07, 6.45) is 0.354. The zero-order valence-corrected chi connectivity index (χ0v) is 11.6. The van der Waals surface area contributed by atoms with Gasteiger partial charge in [0.1, 0.15) is 5.75 Å². The number of nitrogens with two attached hydrogens (primary N) is 1. The van der Waals surface area contributed by atoms with Gasteiger partial charge in [0.15, 0.2) is 5.82 Å². The van der Waals surface area contributed by atoms with Crippen molar-refractivity contribution in [1.82, 2.24) is 10.2 Å². The Hall–Kier alpha value is -2.82. The van der Waals surface area contributed by atoms with Gasteiger partial charge < -0.3 is 10.5 Å². The highest BCUT2D eigenvalue weighted by atomic mass is 16.5. The summed E-state index contributed by atoms with van der Waals surface area (Å²) in [6, 6.07) is 13.2. The molecule has 0 atom stereocenters. The predicted molar refractivity (Wildman–Crippen MR) is 81.9 cm³/mol. The van der Waals surface area contributed by atoms with Gasteiger partial charge in [-0.1, -0.05) is 31.2 Å². The smallest absolute Gasteiger partial charge is 0.310 e. The van der Waals surface area contributed by atoms with E-state index < -0.39 is 0 Å². The summed E-state index contributed by atoms with van der Waals surface area (Å²) in [6.45, 7) is 1.76. The highest BCUT2D eigenvalue weighted by Crippen LogP contribution is 2.32. The van der Waals surface area contributed by atoms with Crippen LogP contribution in [0.3, 0.4) is 0 Å². The van der Waals surface area contributed by atoms with E-state index in [-0.39, 0.29) is 5.97 Å². The van der Waals surface area contributed by atoms with Crippen LogP contribution >= 0.6 is 0 Å². The molecule has 0 aliphatic rings. The van der Waals surface area contributed by atoms with Crippen LogP contribution in [-0.2, 0) is 4.79 Å². The number of ether oxygens (including phenoxy) is 1. The lowest BCUT2D eigenvalue weighted by Crippen LogP contribution is -2.05. The molecule has 0 saturated heterocycles. The molecule has 0 aliphatic heterocycles. The average Bonchev–Trinajstić information content (AvgIpc) is 2.90. The third-order valence-corrected chi connectivity index (χ3v) is 3.30. The van der Waals surface area contributed by atoms with Crippen LogP contribution in [0.25, 0.3) is 22.0 Å². The number of H-pyrrole nitrogens is 1. The number of carbonyl (C=O) groups is 1. The Balaban J connectivity index is 1.99. The van der Waals surface area contributed by atoms with Crippen LogP contribution in [0.2, 0.25) is 0 Å². The number of benzene rings is 2.